The molecule has 0 aliphatic heterocycles. The van der Waals surface area contributed by atoms with Gasteiger partial charge in [-0.05, 0) is 24.7 Å². The zero-order valence-corrected chi connectivity index (χ0v) is 13.1. The number of thiazole rings is 1. The number of nitrogens with one attached hydrogen (secondary N) is 2. The van der Waals surface area contributed by atoms with Crippen molar-refractivity contribution in [3.05, 3.63) is 39.9 Å². The van der Waals surface area contributed by atoms with E-state index in [-0.39, 0.29) is 5.56 Å². The molecule has 3 aromatic rings. The van der Waals surface area contributed by atoms with Crippen LogP contribution in [-0.4, -0.2) is 25.9 Å². The van der Waals surface area contributed by atoms with Crippen LogP contribution in [-0.2, 0) is 6.54 Å². The Hall–Kier alpha value is -1.64. The monoisotopic (exact) mass is 321 g/mol. The normalized spacial score (nSPS) is 11.3. The molecule has 0 saturated carbocycles. The molecule has 0 amide bonds. The van der Waals surface area contributed by atoms with Gasteiger partial charge in [0, 0.05) is 30.4 Å². The van der Waals surface area contributed by atoms with E-state index < -0.39 is 0 Å². The highest BCUT2D eigenvalue weighted by Gasteiger charge is 2.14. The molecule has 6 nitrogen and oxygen atoms in total. The summed E-state index contributed by atoms with van der Waals surface area (Å²) in [4.78, 5) is 23.8. The Labute approximate surface area is 129 Å². The van der Waals surface area contributed by atoms with Crippen LogP contribution in [0, 0.1) is 0 Å². The van der Waals surface area contributed by atoms with E-state index in [1.54, 1.807) is 11.3 Å². The molecule has 0 unspecified atom stereocenters. The lowest BCUT2D eigenvalue weighted by molar-refractivity contribution is 0.653. The number of H-pyrrole nitrogens is 1. The third-order valence-corrected chi connectivity index (χ3v) is 4.56. The molecule has 0 atom stereocenters. The summed E-state index contributed by atoms with van der Waals surface area (Å²) in [5.74, 6) is 0. The van der Waals surface area contributed by atoms with Crippen LogP contribution in [0.3, 0.4) is 0 Å². The lowest BCUT2D eigenvalue weighted by atomic mass is 10.4. The second-order valence-corrected chi connectivity index (χ2v) is 6.29. The van der Waals surface area contributed by atoms with Gasteiger partial charge >= 0.3 is 0 Å². The van der Waals surface area contributed by atoms with Crippen molar-refractivity contribution in [2.75, 3.05) is 6.54 Å². The van der Waals surface area contributed by atoms with Crippen molar-refractivity contribution >= 4 is 28.1 Å². The van der Waals surface area contributed by atoms with Crippen LogP contribution in [0.4, 0.5) is 0 Å². The van der Waals surface area contributed by atoms with Crippen LogP contribution in [0.5, 0.6) is 0 Å². The molecule has 0 spiro atoms. The number of imidazole rings is 1. The number of fused-ring (bicyclic) bond motifs is 1. The highest BCUT2D eigenvalue weighted by molar-refractivity contribution is 7.99. The van der Waals surface area contributed by atoms with E-state index in [2.05, 4.69) is 31.6 Å². The van der Waals surface area contributed by atoms with Crippen LogP contribution >= 0.6 is 23.1 Å². The van der Waals surface area contributed by atoms with Gasteiger partial charge in [0.1, 0.15) is 5.03 Å². The first-order chi connectivity index (χ1) is 10.3. The van der Waals surface area contributed by atoms with Crippen LogP contribution in [0.25, 0.3) is 4.96 Å². The Morgan fingerprint density at radius 1 is 1.52 bits per heavy atom. The minimum absolute atomic E-state index is 0.154. The maximum Gasteiger partial charge on any atom is 0.251 e. The van der Waals surface area contributed by atoms with Gasteiger partial charge in [0.25, 0.3) is 5.56 Å². The predicted octanol–water partition coefficient (Wildman–Crippen LogP) is 2.13. The molecule has 110 valence electrons. The molecule has 3 heterocycles. The zero-order valence-electron chi connectivity index (χ0n) is 11.5. The smallest absolute Gasteiger partial charge is 0.251 e. The molecular weight excluding hydrogens is 306 g/mol. The van der Waals surface area contributed by atoms with Crippen molar-refractivity contribution in [1.29, 1.82) is 0 Å². The Balaban J connectivity index is 1.91. The first kappa shape index (κ1) is 14.3. The summed E-state index contributed by atoms with van der Waals surface area (Å²) >= 11 is 2.98. The number of nitrogens with zero attached hydrogens (tertiary/aromatic N) is 3. The standard InChI is InChI=1S/C13H15N5OS2/c1-2-4-14-8-9-11(17-13-18(9)6-7-20-13)21-12-15-5-3-10(19)16-12/h3,5-7,14H,2,4,8H2,1H3,(H,15,16,19). The molecule has 0 radical (unpaired) electrons. The molecule has 3 rings (SSSR count). The summed E-state index contributed by atoms with van der Waals surface area (Å²) in [5, 5.41) is 6.85. The number of rotatable bonds is 6. The first-order valence-electron chi connectivity index (χ1n) is 6.66. The lowest BCUT2D eigenvalue weighted by Crippen LogP contribution is -2.15. The van der Waals surface area contributed by atoms with Crippen molar-refractivity contribution in [3.8, 4) is 0 Å². The molecule has 0 saturated heterocycles. The van der Waals surface area contributed by atoms with Crippen molar-refractivity contribution in [2.45, 2.75) is 30.1 Å². The van der Waals surface area contributed by atoms with E-state index in [4.69, 9.17) is 0 Å². The predicted molar refractivity (Wildman–Crippen MR) is 84.0 cm³/mol. The third kappa shape index (κ3) is 3.17. The number of hydrogen-bond donors (Lipinski definition) is 2. The van der Waals surface area contributed by atoms with Crippen molar-refractivity contribution in [2.24, 2.45) is 0 Å². The molecule has 2 N–H and O–H groups in total. The highest BCUT2D eigenvalue weighted by Crippen LogP contribution is 2.29. The first-order valence-corrected chi connectivity index (χ1v) is 8.36. The lowest BCUT2D eigenvalue weighted by Gasteiger charge is -2.05. The second-order valence-electron chi connectivity index (χ2n) is 4.44. The van der Waals surface area contributed by atoms with Gasteiger partial charge in [0.05, 0.1) is 5.69 Å². The van der Waals surface area contributed by atoms with Crippen LogP contribution in [0.1, 0.15) is 19.0 Å². The fourth-order valence-corrected chi connectivity index (χ4v) is 3.59. The van der Waals surface area contributed by atoms with Gasteiger partial charge in [-0.25, -0.2) is 9.97 Å². The summed E-state index contributed by atoms with van der Waals surface area (Å²) in [7, 11) is 0. The summed E-state index contributed by atoms with van der Waals surface area (Å²) in [6, 6.07) is 1.40. The number of aromatic nitrogens is 4. The van der Waals surface area contributed by atoms with E-state index in [1.165, 1.54) is 24.0 Å². The topological polar surface area (TPSA) is 75.1 Å². The van der Waals surface area contributed by atoms with Gasteiger partial charge in [-0.3, -0.25) is 9.20 Å². The van der Waals surface area contributed by atoms with E-state index in [9.17, 15) is 4.79 Å². The molecule has 0 aromatic carbocycles. The van der Waals surface area contributed by atoms with Crippen LogP contribution in [0.15, 0.2) is 38.8 Å². The van der Waals surface area contributed by atoms with E-state index in [0.29, 0.717) is 5.16 Å². The Bertz CT molecular complexity index is 791. The molecule has 0 bridgehead atoms. The molecule has 0 aliphatic carbocycles. The largest absolute Gasteiger partial charge is 0.311 e. The van der Waals surface area contributed by atoms with Gasteiger partial charge in [0.15, 0.2) is 10.1 Å². The van der Waals surface area contributed by atoms with E-state index in [1.807, 2.05) is 11.6 Å². The van der Waals surface area contributed by atoms with Gasteiger partial charge in [-0.15, -0.1) is 11.3 Å². The average Bonchev–Trinajstić information content (AvgIpc) is 3.02. The summed E-state index contributed by atoms with van der Waals surface area (Å²) < 4.78 is 2.08. The molecular formula is C13H15N5OS2. The van der Waals surface area contributed by atoms with E-state index in [0.717, 1.165) is 35.2 Å². The SMILES string of the molecule is CCCNCc1c(Sc2nccc(=O)[nH]2)nc2sccn12. The average molecular weight is 321 g/mol. The minimum atomic E-state index is -0.154. The summed E-state index contributed by atoms with van der Waals surface area (Å²) in [6.45, 7) is 3.84. The van der Waals surface area contributed by atoms with Gasteiger partial charge in [-0.1, -0.05) is 6.92 Å². The van der Waals surface area contributed by atoms with Crippen molar-refractivity contribution in [3.63, 3.8) is 0 Å². The second kappa shape index (κ2) is 6.42. The maximum atomic E-state index is 11.4. The van der Waals surface area contributed by atoms with Crippen LogP contribution < -0.4 is 10.9 Å². The molecule has 21 heavy (non-hydrogen) atoms. The van der Waals surface area contributed by atoms with Gasteiger partial charge < -0.3 is 10.3 Å². The Morgan fingerprint density at radius 3 is 3.24 bits per heavy atom. The van der Waals surface area contributed by atoms with Crippen molar-refractivity contribution < 1.29 is 0 Å². The molecule has 8 heteroatoms. The van der Waals surface area contributed by atoms with Crippen molar-refractivity contribution in [1.82, 2.24) is 24.7 Å². The van der Waals surface area contributed by atoms with Gasteiger partial charge in [-0.2, -0.15) is 0 Å². The number of aromatic amines is 1. The molecule has 0 fully saturated rings. The highest BCUT2D eigenvalue weighted by atomic mass is 32.2. The zero-order chi connectivity index (χ0) is 14.7. The van der Waals surface area contributed by atoms with Crippen LogP contribution in [0.2, 0.25) is 0 Å². The summed E-state index contributed by atoms with van der Waals surface area (Å²) in [5.41, 5.74) is 0.940. The van der Waals surface area contributed by atoms with E-state index >= 15 is 0 Å². The Kier molecular flexibility index (Phi) is 4.37. The molecule has 0 aliphatic rings. The Morgan fingerprint density at radius 2 is 2.43 bits per heavy atom. The fraction of sp³-hybridized carbons (Fsp3) is 0.308. The number of hydrogen-bond acceptors (Lipinski definition) is 6. The quantitative estimate of drug-likeness (QED) is 0.537. The maximum absolute atomic E-state index is 11.4. The minimum Gasteiger partial charge on any atom is -0.311 e. The fourth-order valence-electron chi connectivity index (χ4n) is 1.93. The third-order valence-electron chi connectivity index (χ3n) is 2.88. The van der Waals surface area contributed by atoms with Gasteiger partial charge in [0.2, 0.25) is 0 Å². The summed E-state index contributed by atoms with van der Waals surface area (Å²) in [6.07, 6.45) is 4.61. The molecule has 3 aromatic heterocycles.